The molecule has 0 radical (unpaired) electrons. The number of nitrogens with one attached hydrogen (secondary N) is 3. The van der Waals surface area contributed by atoms with Gasteiger partial charge in [-0.25, -0.2) is 23.4 Å². The fraction of sp³-hybridized carbons (Fsp3) is 0.250. The number of hydrazine groups is 2. The van der Waals surface area contributed by atoms with E-state index in [2.05, 4.69) is 16.0 Å². The van der Waals surface area contributed by atoms with Crippen molar-refractivity contribution in [2.75, 3.05) is 13.7 Å². The monoisotopic (exact) mass is 395 g/mol. The molecule has 0 unspecified atom stereocenters. The highest BCUT2D eigenvalue weighted by Gasteiger charge is 2.23. The molecule has 3 N–H and O–H groups in total. The molecule has 2 rings (SSSR count). The summed E-state index contributed by atoms with van der Waals surface area (Å²) >= 11 is 0. The van der Waals surface area contributed by atoms with Crippen molar-refractivity contribution in [2.45, 2.75) is 18.7 Å². The van der Waals surface area contributed by atoms with Crippen LogP contribution in [-0.4, -0.2) is 39.3 Å². The van der Waals surface area contributed by atoms with Crippen molar-refractivity contribution in [3.05, 3.63) is 48.2 Å². The van der Waals surface area contributed by atoms with Gasteiger partial charge in [0.1, 0.15) is 17.3 Å². The number of carbonyl (C=O) groups is 1. The molecule has 27 heavy (non-hydrogen) atoms. The minimum Gasteiger partial charge on any atom is -0.488 e. The number of para-hydroxylation sites is 1. The summed E-state index contributed by atoms with van der Waals surface area (Å²) in [6, 6.07) is 5.00. The third-order valence-corrected chi connectivity index (χ3v) is 4.54. The molecule has 0 aromatic heterocycles. The van der Waals surface area contributed by atoms with Gasteiger partial charge in [-0.3, -0.25) is 5.43 Å². The van der Waals surface area contributed by atoms with E-state index in [9.17, 15) is 13.2 Å². The number of sulfonamides is 1. The maximum absolute atomic E-state index is 12.5. The van der Waals surface area contributed by atoms with E-state index in [0.717, 1.165) is 5.23 Å². The van der Waals surface area contributed by atoms with Crippen molar-refractivity contribution in [1.82, 2.24) is 20.8 Å². The first-order valence-corrected chi connectivity index (χ1v) is 9.38. The van der Waals surface area contributed by atoms with E-state index in [1.807, 2.05) is 11.6 Å². The van der Waals surface area contributed by atoms with Gasteiger partial charge in [-0.2, -0.15) is 0 Å². The predicted molar refractivity (Wildman–Crippen MR) is 98.8 cm³/mol. The summed E-state index contributed by atoms with van der Waals surface area (Å²) in [7, 11) is -2.75. The number of amides is 2. The average molecular weight is 395 g/mol. The SMILES string of the molecule is CC=CCOc1ccccc1S(=O)(=O)NC(=O)NN1N=C(OC)C=C(C)N1. The van der Waals surface area contributed by atoms with Crippen LogP contribution >= 0.6 is 0 Å². The van der Waals surface area contributed by atoms with Crippen LogP contribution < -0.4 is 20.3 Å². The number of methoxy groups -OCH3 is 1. The molecule has 0 saturated heterocycles. The van der Waals surface area contributed by atoms with E-state index in [4.69, 9.17) is 9.47 Å². The lowest BCUT2D eigenvalue weighted by molar-refractivity contribution is 0.138. The van der Waals surface area contributed by atoms with E-state index < -0.39 is 16.1 Å². The van der Waals surface area contributed by atoms with Crippen LogP contribution in [0.5, 0.6) is 5.75 Å². The van der Waals surface area contributed by atoms with Gasteiger partial charge in [0.2, 0.25) is 5.90 Å². The molecule has 0 saturated carbocycles. The number of carbonyl (C=O) groups excluding carboxylic acids is 1. The fourth-order valence-electron chi connectivity index (χ4n) is 2.01. The van der Waals surface area contributed by atoms with Gasteiger partial charge < -0.3 is 9.47 Å². The van der Waals surface area contributed by atoms with E-state index >= 15 is 0 Å². The predicted octanol–water partition coefficient (Wildman–Crippen LogP) is 1.23. The number of benzene rings is 1. The summed E-state index contributed by atoms with van der Waals surface area (Å²) in [6.45, 7) is 3.74. The second kappa shape index (κ2) is 8.94. The van der Waals surface area contributed by atoms with Crippen LogP contribution in [0.3, 0.4) is 0 Å². The van der Waals surface area contributed by atoms with Crippen molar-refractivity contribution in [2.24, 2.45) is 5.10 Å². The van der Waals surface area contributed by atoms with E-state index in [1.54, 1.807) is 31.2 Å². The molecule has 1 aromatic rings. The van der Waals surface area contributed by atoms with Gasteiger partial charge in [0.15, 0.2) is 0 Å². The quantitative estimate of drug-likeness (QED) is 0.619. The molecule has 0 atom stereocenters. The summed E-state index contributed by atoms with van der Waals surface area (Å²) in [6.07, 6.45) is 5.11. The normalized spacial score (nSPS) is 14.1. The molecule has 146 valence electrons. The first kappa shape index (κ1) is 20.1. The number of nitrogens with zero attached hydrogens (tertiary/aromatic N) is 2. The zero-order valence-corrected chi connectivity index (χ0v) is 15.9. The lowest BCUT2D eigenvalue weighted by Gasteiger charge is -2.25. The Hall–Kier alpha value is -3.21. The molecule has 11 heteroatoms. The Morgan fingerprint density at radius 3 is 2.81 bits per heavy atom. The highest BCUT2D eigenvalue weighted by Crippen LogP contribution is 2.23. The molecule has 2 amide bonds. The number of hydrogen-bond donors (Lipinski definition) is 3. The number of rotatable bonds is 6. The lowest BCUT2D eigenvalue weighted by Crippen LogP contribution is -2.53. The summed E-state index contributed by atoms with van der Waals surface area (Å²) in [5.74, 6) is 0.364. The van der Waals surface area contributed by atoms with Crippen molar-refractivity contribution in [3.63, 3.8) is 0 Å². The smallest absolute Gasteiger partial charge is 0.350 e. The largest absolute Gasteiger partial charge is 0.488 e. The first-order chi connectivity index (χ1) is 12.9. The van der Waals surface area contributed by atoms with Crippen LogP contribution in [0.25, 0.3) is 0 Å². The van der Waals surface area contributed by atoms with Gasteiger partial charge in [-0.15, -0.1) is 5.23 Å². The van der Waals surface area contributed by atoms with Crippen molar-refractivity contribution < 1.29 is 22.7 Å². The second-order valence-electron chi connectivity index (χ2n) is 5.27. The van der Waals surface area contributed by atoms with Crippen molar-refractivity contribution in [3.8, 4) is 5.75 Å². The number of urea groups is 1. The molecule has 10 nitrogen and oxygen atoms in total. The van der Waals surface area contributed by atoms with Crippen LogP contribution in [-0.2, 0) is 14.8 Å². The molecule has 1 aliphatic heterocycles. The molecule has 0 aliphatic carbocycles. The second-order valence-corrected chi connectivity index (χ2v) is 6.92. The Morgan fingerprint density at radius 1 is 1.37 bits per heavy atom. The van der Waals surface area contributed by atoms with Crippen LogP contribution in [0.15, 0.2) is 58.2 Å². The standard InChI is InChI=1S/C16H21N5O5S/c1-4-5-10-26-13-8-6-7-9-14(13)27(23,24)20-16(22)19-21-17-12(2)11-15(18-21)25-3/h4-9,11,17H,10H2,1-3H3,(H2,19,20,22). The Labute approximate surface area is 157 Å². The van der Waals surface area contributed by atoms with Crippen LogP contribution in [0.4, 0.5) is 4.79 Å². The molecule has 0 bridgehead atoms. The minimum absolute atomic E-state index is 0.130. The Morgan fingerprint density at radius 2 is 2.11 bits per heavy atom. The van der Waals surface area contributed by atoms with Gasteiger partial charge in [0.25, 0.3) is 10.0 Å². The maximum Gasteiger partial charge on any atom is 0.350 e. The van der Waals surface area contributed by atoms with Gasteiger partial charge in [-0.1, -0.05) is 29.4 Å². The first-order valence-electron chi connectivity index (χ1n) is 7.90. The van der Waals surface area contributed by atoms with Crippen molar-refractivity contribution >= 4 is 22.0 Å². The summed E-state index contributed by atoms with van der Waals surface area (Å²) < 4.78 is 37.4. The highest BCUT2D eigenvalue weighted by molar-refractivity contribution is 7.90. The van der Waals surface area contributed by atoms with Crippen molar-refractivity contribution in [1.29, 1.82) is 0 Å². The lowest BCUT2D eigenvalue weighted by atomic mass is 10.3. The zero-order chi connectivity index (χ0) is 19.9. The third kappa shape index (κ3) is 5.64. The Bertz CT molecular complexity index is 879. The molecular weight excluding hydrogens is 374 g/mol. The molecule has 1 aliphatic rings. The van der Waals surface area contributed by atoms with E-state index in [-0.39, 0.29) is 23.1 Å². The number of allylic oxidation sites excluding steroid dienone is 2. The van der Waals surface area contributed by atoms with Gasteiger partial charge >= 0.3 is 6.03 Å². The third-order valence-electron chi connectivity index (χ3n) is 3.17. The van der Waals surface area contributed by atoms with Gasteiger partial charge in [-0.05, 0) is 26.0 Å². The summed E-state index contributed by atoms with van der Waals surface area (Å²) in [5.41, 5.74) is 5.59. The van der Waals surface area contributed by atoms with E-state index in [0.29, 0.717) is 5.70 Å². The fourth-order valence-corrected chi connectivity index (χ4v) is 3.06. The van der Waals surface area contributed by atoms with Crippen LogP contribution in [0, 0.1) is 0 Å². The Kier molecular flexibility index (Phi) is 6.66. The number of hydrazone groups is 1. The van der Waals surface area contributed by atoms with Crippen LogP contribution in [0.2, 0.25) is 0 Å². The number of hydrogen-bond acceptors (Lipinski definition) is 8. The zero-order valence-electron chi connectivity index (χ0n) is 15.1. The topological polar surface area (TPSA) is 121 Å². The molecule has 0 spiro atoms. The van der Waals surface area contributed by atoms with Gasteiger partial charge in [0, 0.05) is 11.8 Å². The Balaban J connectivity index is 2.09. The molecule has 1 aromatic carbocycles. The highest BCUT2D eigenvalue weighted by atomic mass is 32.2. The molecular formula is C16H21N5O5S. The van der Waals surface area contributed by atoms with E-state index in [1.165, 1.54) is 25.3 Å². The number of ether oxygens (including phenoxy) is 2. The molecule has 1 heterocycles. The summed E-state index contributed by atoms with van der Waals surface area (Å²) in [5, 5.41) is 4.84. The van der Waals surface area contributed by atoms with Gasteiger partial charge in [0.05, 0.1) is 7.11 Å². The molecule has 0 fully saturated rings. The van der Waals surface area contributed by atoms with Crippen LogP contribution in [0.1, 0.15) is 13.8 Å². The maximum atomic E-state index is 12.5. The summed E-state index contributed by atoms with van der Waals surface area (Å²) in [4.78, 5) is 12.0. The average Bonchev–Trinajstić information content (AvgIpc) is 2.61. The minimum atomic E-state index is -4.17.